The van der Waals surface area contributed by atoms with Crippen LogP contribution in [0.4, 0.5) is 4.79 Å². The summed E-state index contributed by atoms with van der Waals surface area (Å²) in [7, 11) is 0. The van der Waals surface area contributed by atoms with Crippen LogP contribution in [0.25, 0.3) is 0 Å². The van der Waals surface area contributed by atoms with Crippen molar-refractivity contribution < 1.29 is 14.3 Å². The summed E-state index contributed by atoms with van der Waals surface area (Å²) >= 11 is 5.86. The van der Waals surface area contributed by atoms with Crippen molar-refractivity contribution in [3.8, 4) is 5.75 Å². The van der Waals surface area contributed by atoms with Crippen LogP contribution in [-0.2, 0) is 4.79 Å². The number of amides is 1. The van der Waals surface area contributed by atoms with E-state index in [4.69, 9.17) is 16.3 Å². The minimum Gasteiger partial charge on any atom is -0.410 e. The van der Waals surface area contributed by atoms with Gasteiger partial charge in [-0.1, -0.05) is 29.8 Å². The average Bonchev–Trinajstić information content (AvgIpc) is 2.48. The largest absolute Gasteiger partial charge is 0.413 e. The Balaban J connectivity index is 2.06. The highest BCUT2D eigenvalue weighted by Crippen LogP contribution is 2.19. The molecule has 2 aromatic rings. The highest BCUT2D eigenvalue weighted by atomic mass is 35.5. The number of carbonyl (C=O) groups excluding carboxylic acids is 2. The minimum atomic E-state index is -0.645. The fraction of sp³-hybridized carbons (Fsp3) is 0.133. The lowest BCUT2D eigenvalue weighted by molar-refractivity contribution is -0.108. The van der Waals surface area contributed by atoms with Crippen molar-refractivity contribution >= 4 is 24.0 Å². The molecule has 1 N–H and O–H groups in total. The van der Waals surface area contributed by atoms with Gasteiger partial charge in [-0.15, -0.1) is 0 Å². The van der Waals surface area contributed by atoms with Gasteiger partial charge in [-0.3, -0.25) is 4.98 Å². The molecule has 108 valence electrons. The van der Waals surface area contributed by atoms with E-state index in [0.717, 1.165) is 0 Å². The van der Waals surface area contributed by atoms with E-state index in [-0.39, 0.29) is 6.42 Å². The predicted octanol–water partition coefficient (Wildman–Crippen LogP) is 3.15. The second kappa shape index (κ2) is 7.40. The van der Waals surface area contributed by atoms with Gasteiger partial charge in [0.25, 0.3) is 0 Å². The van der Waals surface area contributed by atoms with Crippen LogP contribution in [0.1, 0.15) is 18.0 Å². The number of hydrogen-bond acceptors (Lipinski definition) is 4. The lowest BCUT2D eigenvalue weighted by Crippen LogP contribution is -2.31. The molecule has 0 bridgehead atoms. The Kier molecular flexibility index (Phi) is 5.29. The summed E-state index contributed by atoms with van der Waals surface area (Å²) in [6.45, 7) is 0. The number of aldehydes is 1. The summed E-state index contributed by atoms with van der Waals surface area (Å²) in [5.74, 6) is 0.420. The molecule has 0 spiro atoms. The lowest BCUT2D eigenvalue weighted by Gasteiger charge is -2.16. The van der Waals surface area contributed by atoms with Crippen LogP contribution >= 0.6 is 11.6 Å². The number of hydrogen-bond donors (Lipinski definition) is 1. The van der Waals surface area contributed by atoms with E-state index in [1.54, 1.807) is 36.5 Å². The van der Waals surface area contributed by atoms with Gasteiger partial charge in [0.15, 0.2) is 0 Å². The topological polar surface area (TPSA) is 68.3 Å². The van der Waals surface area contributed by atoms with E-state index in [0.29, 0.717) is 22.6 Å². The van der Waals surface area contributed by atoms with Crippen molar-refractivity contribution in [1.29, 1.82) is 0 Å². The van der Waals surface area contributed by atoms with Crippen LogP contribution in [0.5, 0.6) is 5.75 Å². The maximum absolute atomic E-state index is 11.9. The smallest absolute Gasteiger partial charge is 0.410 e. The highest BCUT2D eigenvalue weighted by molar-refractivity contribution is 6.30. The average molecular weight is 305 g/mol. The zero-order chi connectivity index (χ0) is 15.1. The number of para-hydroxylation sites is 1. The lowest BCUT2D eigenvalue weighted by atomic mass is 10.1. The molecule has 1 heterocycles. The molecule has 0 aliphatic rings. The first-order valence-electron chi connectivity index (χ1n) is 6.26. The number of aromatic nitrogens is 1. The summed E-state index contributed by atoms with van der Waals surface area (Å²) < 4.78 is 5.12. The van der Waals surface area contributed by atoms with Crippen LogP contribution < -0.4 is 10.1 Å². The monoisotopic (exact) mass is 304 g/mol. The van der Waals surface area contributed by atoms with E-state index in [1.807, 2.05) is 6.07 Å². The molecule has 1 aromatic carbocycles. The van der Waals surface area contributed by atoms with Gasteiger partial charge in [-0.2, -0.15) is 0 Å². The maximum Gasteiger partial charge on any atom is 0.413 e. The zero-order valence-corrected chi connectivity index (χ0v) is 11.8. The summed E-state index contributed by atoms with van der Waals surface area (Å²) in [5, 5.41) is 3.05. The van der Waals surface area contributed by atoms with Gasteiger partial charge in [-0.05, 0) is 23.8 Å². The molecule has 0 aliphatic carbocycles. The van der Waals surface area contributed by atoms with E-state index in [1.165, 1.54) is 6.20 Å². The Morgan fingerprint density at radius 1 is 1.33 bits per heavy atom. The molecule has 0 unspecified atom stereocenters. The zero-order valence-electron chi connectivity index (χ0n) is 11.0. The summed E-state index contributed by atoms with van der Waals surface area (Å²) in [4.78, 5) is 26.6. The molecule has 1 atom stereocenters. The number of benzene rings is 1. The fourth-order valence-corrected chi connectivity index (χ4v) is 1.94. The first-order chi connectivity index (χ1) is 10.2. The van der Waals surface area contributed by atoms with Crippen LogP contribution in [0.15, 0.2) is 48.8 Å². The van der Waals surface area contributed by atoms with Crippen LogP contribution in [-0.4, -0.2) is 17.4 Å². The van der Waals surface area contributed by atoms with Crippen LogP contribution in [0.3, 0.4) is 0 Å². The Bertz CT molecular complexity index is 619. The first kappa shape index (κ1) is 15.0. The third kappa shape index (κ3) is 4.57. The maximum atomic E-state index is 11.9. The van der Waals surface area contributed by atoms with Gasteiger partial charge in [0, 0.05) is 18.8 Å². The number of rotatable bonds is 5. The number of nitrogens with zero attached hydrogens (tertiary/aromatic N) is 1. The fourth-order valence-electron chi connectivity index (χ4n) is 1.76. The number of ether oxygens (including phenoxy) is 1. The summed E-state index contributed by atoms with van der Waals surface area (Å²) in [5.41, 5.74) is 0.639. The normalized spacial score (nSPS) is 11.5. The third-order valence-corrected chi connectivity index (χ3v) is 2.91. The Morgan fingerprint density at radius 2 is 2.10 bits per heavy atom. The number of nitrogens with one attached hydrogen (secondary N) is 1. The second-order valence-corrected chi connectivity index (χ2v) is 4.67. The molecule has 5 nitrogen and oxygen atoms in total. The minimum absolute atomic E-state index is 0.103. The standard InChI is InChI=1S/C15H13ClN2O3/c16-12-8-11(9-17-10-12)14(6-7-19)18-15(20)21-13-4-2-1-3-5-13/h1-5,7-10,14H,6H2,(H,18,20)/t14-/m1/s1. The van der Waals surface area contributed by atoms with E-state index in [9.17, 15) is 9.59 Å². The van der Waals surface area contributed by atoms with Gasteiger partial charge in [-0.25, -0.2) is 4.79 Å². The van der Waals surface area contributed by atoms with E-state index < -0.39 is 12.1 Å². The molecular weight excluding hydrogens is 292 g/mol. The van der Waals surface area contributed by atoms with Crippen molar-refractivity contribution in [3.63, 3.8) is 0 Å². The molecular formula is C15H13ClN2O3. The van der Waals surface area contributed by atoms with Gasteiger partial charge < -0.3 is 14.8 Å². The van der Waals surface area contributed by atoms with Gasteiger partial charge in [0.2, 0.25) is 0 Å². The van der Waals surface area contributed by atoms with E-state index >= 15 is 0 Å². The van der Waals surface area contributed by atoms with Crippen molar-refractivity contribution in [2.75, 3.05) is 0 Å². The van der Waals surface area contributed by atoms with Gasteiger partial charge >= 0.3 is 6.09 Å². The molecule has 0 radical (unpaired) electrons. The molecule has 21 heavy (non-hydrogen) atoms. The molecule has 1 amide bonds. The molecule has 2 rings (SSSR count). The van der Waals surface area contributed by atoms with Gasteiger partial charge in [0.05, 0.1) is 11.1 Å². The molecule has 1 aromatic heterocycles. The number of pyridine rings is 1. The predicted molar refractivity (Wildman–Crippen MR) is 78.3 cm³/mol. The van der Waals surface area contributed by atoms with Crippen molar-refractivity contribution in [2.45, 2.75) is 12.5 Å². The third-order valence-electron chi connectivity index (χ3n) is 2.71. The number of carbonyl (C=O) groups is 2. The second-order valence-electron chi connectivity index (χ2n) is 4.24. The van der Waals surface area contributed by atoms with Gasteiger partial charge in [0.1, 0.15) is 12.0 Å². The molecule has 0 fully saturated rings. The molecule has 0 saturated carbocycles. The van der Waals surface area contributed by atoms with Crippen LogP contribution in [0.2, 0.25) is 5.02 Å². The first-order valence-corrected chi connectivity index (χ1v) is 6.64. The van der Waals surface area contributed by atoms with Crippen molar-refractivity contribution in [2.24, 2.45) is 0 Å². The Hall–Kier alpha value is -2.40. The van der Waals surface area contributed by atoms with Crippen molar-refractivity contribution in [3.05, 3.63) is 59.4 Å². The molecule has 0 aliphatic heterocycles. The molecule has 0 saturated heterocycles. The summed E-state index contributed by atoms with van der Waals surface area (Å²) in [6, 6.07) is 9.76. The SMILES string of the molecule is O=CC[C@@H](NC(=O)Oc1ccccc1)c1cncc(Cl)c1. The Morgan fingerprint density at radius 3 is 2.76 bits per heavy atom. The van der Waals surface area contributed by atoms with Crippen LogP contribution in [0, 0.1) is 0 Å². The highest BCUT2D eigenvalue weighted by Gasteiger charge is 2.16. The summed E-state index contributed by atoms with van der Waals surface area (Å²) in [6.07, 6.45) is 3.20. The molecule has 6 heteroatoms. The van der Waals surface area contributed by atoms with E-state index in [2.05, 4.69) is 10.3 Å². The quantitative estimate of drug-likeness (QED) is 0.862. The number of halogens is 1. The van der Waals surface area contributed by atoms with Crippen molar-refractivity contribution in [1.82, 2.24) is 10.3 Å². The Labute approximate surface area is 126 Å².